The zero-order valence-corrected chi connectivity index (χ0v) is 21.6. The van der Waals surface area contributed by atoms with Crippen LogP contribution in [0.25, 0.3) is 0 Å². The molecule has 0 radical (unpaired) electrons. The van der Waals surface area contributed by atoms with Crippen LogP contribution in [0.4, 0.5) is 0 Å². The molecule has 5 unspecified atom stereocenters. The van der Waals surface area contributed by atoms with Gasteiger partial charge < -0.3 is 18.9 Å². The Labute approximate surface area is 191 Å². The van der Waals surface area contributed by atoms with Crippen molar-refractivity contribution in [3.05, 3.63) is 12.3 Å². The highest BCUT2D eigenvalue weighted by Gasteiger charge is 2.35. The van der Waals surface area contributed by atoms with Gasteiger partial charge in [-0.2, -0.15) is 0 Å². The Morgan fingerprint density at radius 1 is 0.935 bits per heavy atom. The Hall–Kier alpha value is -1.07. The average Bonchev–Trinajstić information content (AvgIpc) is 2.65. The highest BCUT2D eigenvalue weighted by atomic mass is 16.6. The Bertz CT molecular complexity index is 555. The minimum Gasteiger partial charge on any atom is -0.492 e. The van der Waals surface area contributed by atoms with Gasteiger partial charge in [0.05, 0.1) is 24.9 Å². The monoisotopic (exact) mass is 440 g/mol. The molecule has 0 aliphatic heterocycles. The van der Waals surface area contributed by atoms with Crippen molar-refractivity contribution in [1.29, 1.82) is 0 Å². The van der Waals surface area contributed by atoms with Crippen molar-refractivity contribution < 1.29 is 23.7 Å². The quantitative estimate of drug-likeness (QED) is 0.291. The fourth-order valence-electron chi connectivity index (χ4n) is 4.11. The summed E-state index contributed by atoms with van der Waals surface area (Å²) in [5.41, 5.74) is -0.167. The largest absolute Gasteiger partial charge is 0.492 e. The third-order valence-corrected chi connectivity index (χ3v) is 6.47. The zero-order chi connectivity index (χ0) is 23.8. The fraction of sp³-hybridized carbons (Fsp3) is 0.885. The smallest absolute Gasteiger partial charge is 0.309 e. The first kappa shape index (κ1) is 28.0. The number of ether oxygens (including phenoxy) is 4. The molecule has 31 heavy (non-hydrogen) atoms. The van der Waals surface area contributed by atoms with Crippen LogP contribution in [0.3, 0.4) is 0 Å². The molecule has 1 saturated carbocycles. The van der Waals surface area contributed by atoms with E-state index < -0.39 is 0 Å². The van der Waals surface area contributed by atoms with Crippen molar-refractivity contribution in [2.45, 2.75) is 92.8 Å². The second-order valence-corrected chi connectivity index (χ2v) is 11.5. The molecule has 182 valence electrons. The summed E-state index contributed by atoms with van der Waals surface area (Å²) in [4.78, 5) is 12.9. The number of rotatable bonds is 11. The Kier molecular flexibility index (Phi) is 11.0. The lowest BCUT2D eigenvalue weighted by atomic mass is 9.77. The molecule has 0 saturated heterocycles. The summed E-state index contributed by atoms with van der Waals surface area (Å²) >= 11 is 0. The van der Waals surface area contributed by atoms with Crippen LogP contribution in [0, 0.1) is 28.6 Å². The third-order valence-electron chi connectivity index (χ3n) is 6.47. The van der Waals surface area contributed by atoms with Gasteiger partial charge in [-0.05, 0) is 25.2 Å². The number of esters is 1. The molecule has 1 fully saturated rings. The van der Waals surface area contributed by atoms with Crippen LogP contribution in [0.5, 0.6) is 0 Å². The molecular formula is C26H48O5. The lowest BCUT2D eigenvalue weighted by molar-refractivity contribution is -0.165. The molecule has 5 atom stereocenters. The molecule has 0 aromatic heterocycles. The number of carbonyl (C=O) groups is 1. The summed E-state index contributed by atoms with van der Waals surface area (Å²) in [5.74, 6) is 1.43. The minimum atomic E-state index is -0.229. The SMILES string of the molecule is C=C(OC(COC)C(C)(C)C)C(C)CC1CCCC(C(=O)OC(COC)C(C)(C)C)C1. The lowest BCUT2D eigenvalue weighted by Gasteiger charge is -2.35. The zero-order valence-electron chi connectivity index (χ0n) is 21.6. The first-order valence-corrected chi connectivity index (χ1v) is 11.8. The van der Waals surface area contributed by atoms with E-state index in [1.165, 1.54) is 0 Å². The summed E-state index contributed by atoms with van der Waals surface area (Å²) < 4.78 is 22.7. The molecule has 0 heterocycles. The van der Waals surface area contributed by atoms with Gasteiger partial charge in [0.1, 0.15) is 12.2 Å². The van der Waals surface area contributed by atoms with E-state index in [1.54, 1.807) is 14.2 Å². The number of allylic oxidation sites excluding steroid dienone is 1. The topological polar surface area (TPSA) is 54.0 Å². The molecule has 0 aromatic carbocycles. The summed E-state index contributed by atoms with van der Waals surface area (Å²) in [5, 5.41) is 0. The second-order valence-electron chi connectivity index (χ2n) is 11.5. The van der Waals surface area contributed by atoms with E-state index in [-0.39, 0.29) is 40.8 Å². The normalized spacial score (nSPS) is 23.0. The maximum atomic E-state index is 12.9. The van der Waals surface area contributed by atoms with Crippen molar-refractivity contribution in [2.24, 2.45) is 28.6 Å². The van der Waals surface area contributed by atoms with Crippen molar-refractivity contribution in [3.63, 3.8) is 0 Å². The van der Waals surface area contributed by atoms with Gasteiger partial charge in [-0.1, -0.05) is 67.9 Å². The molecule has 0 spiro atoms. The van der Waals surface area contributed by atoms with Crippen LogP contribution in [0.15, 0.2) is 12.3 Å². The predicted molar refractivity (Wildman–Crippen MR) is 126 cm³/mol. The Morgan fingerprint density at radius 2 is 1.45 bits per heavy atom. The molecule has 1 rings (SSSR count). The van der Waals surface area contributed by atoms with Crippen LogP contribution >= 0.6 is 0 Å². The van der Waals surface area contributed by atoms with E-state index in [0.29, 0.717) is 19.1 Å². The van der Waals surface area contributed by atoms with E-state index in [0.717, 1.165) is 37.9 Å². The van der Waals surface area contributed by atoms with Gasteiger partial charge >= 0.3 is 5.97 Å². The summed E-state index contributed by atoms with van der Waals surface area (Å²) in [6.07, 6.45) is 4.70. The molecule has 1 aliphatic rings. The maximum Gasteiger partial charge on any atom is 0.309 e. The summed E-state index contributed by atoms with van der Waals surface area (Å²) in [6.45, 7) is 20.1. The van der Waals surface area contributed by atoms with Crippen molar-refractivity contribution >= 4 is 5.97 Å². The van der Waals surface area contributed by atoms with E-state index in [2.05, 4.69) is 55.0 Å². The van der Waals surface area contributed by atoms with Gasteiger partial charge in [-0.25, -0.2) is 0 Å². The van der Waals surface area contributed by atoms with Crippen LogP contribution < -0.4 is 0 Å². The fourth-order valence-corrected chi connectivity index (χ4v) is 4.11. The molecule has 0 bridgehead atoms. The molecule has 0 aromatic rings. The van der Waals surface area contributed by atoms with Gasteiger partial charge in [-0.3, -0.25) is 4.79 Å². The molecule has 5 heteroatoms. The van der Waals surface area contributed by atoms with Gasteiger partial charge in [0.2, 0.25) is 0 Å². The molecule has 0 amide bonds. The van der Waals surface area contributed by atoms with Crippen LogP contribution in [0.1, 0.15) is 80.6 Å². The van der Waals surface area contributed by atoms with Gasteiger partial charge in [0.15, 0.2) is 0 Å². The number of hydrogen-bond donors (Lipinski definition) is 0. The highest BCUT2D eigenvalue weighted by molar-refractivity contribution is 5.72. The van der Waals surface area contributed by atoms with Crippen molar-refractivity contribution in [3.8, 4) is 0 Å². The molecule has 5 nitrogen and oxygen atoms in total. The molecule has 1 aliphatic carbocycles. The maximum absolute atomic E-state index is 12.9. The van der Waals surface area contributed by atoms with E-state index in [4.69, 9.17) is 18.9 Å². The van der Waals surface area contributed by atoms with E-state index >= 15 is 0 Å². The number of hydrogen-bond acceptors (Lipinski definition) is 5. The summed E-state index contributed by atoms with van der Waals surface area (Å²) in [6, 6.07) is 0. The predicted octanol–water partition coefficient (Wildman–Crippen LogP) is 6.01. The van der Waals surface area contributed by atoms with Gasteiger partial charge in [0, 0.05) is 31.0 Å². The Morgan fingerprint density at radius 3 is 1.94 bits per heavy atom. The minimum absolute atomic E-state index is 0.0237. The van der Waals surface area contributed by atoms with E-state index in [1.807, 2.05) is 0 Å². The van der Waals surface area contributed by atoms with Crippen molar-refractivity contribution in [2.75, 3.05) is 27.4 Å². The van der Waals surface area contributed by atoms with Crippen LogP contribution in [-0.4, -0.2) is 45.6 Å². The second kappa shape index (κ2) is 12.2. The summed E-state index contributed by atoms with van der Waals surface area (Å²) in [7, 11) is 3.35. The number of carbonyl (C=O) groups excluding carboxylic acids is 1. The number of methoxy groups -OCH3 is 2. The van der Waals surface area contributed by atoms with Gasteiger partial charge in [0.25, 0.3) is 0 Å². The first-order chi connectivity index (χ1) is 14.3. The average molecular weight is 441 g/mol. The van der Waals surface area contributed by atoms with E-state index in [9.17, 15) is 4.79 Å². The van der Waals surface area contributed by atoms with Crippen LogP contribution in [-0.2, 0) is 23.7 Å². The lowest BCUT2D eigenvalue weighted by Crippen LogP contribution is -2.38. The van der Waals surface area contributed by atoms with Crippen LogP contribution in [0.2, 0.25) is 0 Å². The van der Waals surface area contributed by atoms with Crippen molar-refractivity contribution in [1.82, 2.24) is 0 Å². The Balaban J connectivity index is 2.65. The third kappa shape index (κ3) is 9.53. The highest BCUT2D eigenvalue weighted by Crippen LogP contribution is 2.37. The molecular weight excluding hydrogens is 392 g/mol. The van der Waals surface area contributed by atoms with Gasteiger partial charge in [-0.15, -0.1) is 0 Å². The standard InChI is InChI=1S/C26H48O5/c1-18(19(2)30-22(16-28-9)25(3,4)5)14-20-12-11-13-21(15-20)24(27)31-23(17-29-10)26(6,7)8/h18,20-23H,2,11-17H2,1,3-10H3. The molecule has 0 N–H and O–H groups in total. The first-order valence-electron chi connectivity index (χ1n) is 11.8.